The van der Waals surface area contributed by atoms with Gasteiger partial charge >= 0.3 is 0 Å². The molecular formula is C12H17ClN2O. The second-order valence-electron chi connectivity index (χ2n) is 4.72. The van der Waals surface area contributed by atoms with Crippen molar-refractivity contribution in [1.82, 2.24) is 9.78 Å². The van der Waals surface area contributed by atoms with Gasteiger partial charge in [0.05, 0.1) is 16.9 Å². The molecule has 0 N–H and O–H groups in total. The van der Waals surface area contributed by atoms with E-state index in [2.05, 4.69) is 18.9 Å². The van der Waals surface area contributed by atoms with Gasteiger partial charge in [0, 0.05) is 18.4 Å². The second kappa shape index (κ2) is 4.58. The van der Waals surface area contributed by atoms with Crippen molar-refractivity contribution in [3.63, 3.8) is 0 Å². The molecule has 0 saturated heterocycles. The van der Waals surface area contributed by atoms with Crippen molar-refractivity contribution in [2.75, 3.05) is 0 Å². The lowest BCUT2D eigenvalue weighted by atomic mass is 10.1. The lowest BCUT2D eigenvalue weighted by Gasteiger charge is -2.10. The molecule has 1 saturated carbocycles. The minimum Gasteiger partial charge on any atom is -0.299 e. The Morgan fingerprint density at radius 2 is 2.31 bits per heavy atom. The van der Waals surface area contributed by atoms with Crippen molar-refractivity contribution in [3.8, 4) is 0 Å². The molecule has 1 aliphatic carbocycles. The van der Waals surface area contributed by atoms with E-state index >= 15 is 0 Å². The van der Waals surface area contributed by atoms with E-state index in [9.17, 15) is 4.79 Å². The van der Waals surface area contributed by atoms with Crippen LogP contribution in [-0.2, 0) is 11.2 Å². The topological polar surface area (TPSA) is 34.9 Å². The normalized spacial score (nSPS) is 15.8. The molecule has 1 heterocycles. The Hall–Kier alpha value is -0.830. The second-order valence-corrected chi connectivity index (χ2v) is 5.13. The minimum absolute atomic E-state index is 0.290. The molecule has 4 heteroatoms. The number of ketones is 1. The Morgan fingerprint density at radius 3 is 2.88 bits per heavy atom. The molecule has 0 radical (unpaired) electrons. The van der Waals surface area contributed by atoms with Crippen molar-refractivity contribution >= 4 is 17.4 Å². The van der Waals surface area contributed by atoms with E-state index in [1.807, 2.05) is 4.68 Å². The molecule has 88 valence electrons. The zero-order chi connectivity index (χ0) is 11.7. The number of halogens is 1. The minimum atomic E-state index is 0.290. The molecule has 1 aromatic rings. The molecule has 0 aromatic carbocycles. The third kappa shape index (κ3) is 2.46. The maximum atomic E-state index is 11.6. The van der Waals surface area contributed by atoms with Crippen LogP contribution in [0, 0.1) is 5.92 Å². The number of carbonyl (C=O) groups is 1. The van der Waals surface area contributed by atoms with E-state index in [4.69, 9.17) is 11.6 Å². The molecule has 1 aliphatic rings. The van der Waals surface area contributed by atoms with E-state index in [0.29, 0.717) is 35.6 Å². The predicted molar refractivity (Wildman–Crippen MR) is 63.7 cm³/mol. The van der Waals surface area contributed by atoms with Crippen molar-refractivity contribution in [2.24, 2.45) is 5.92 Å². The number of nitrogens with zero attached hydrogens (tertiary/aromatic N) is 2. The number of aromatic nitrogens is 2. The van der Waals surface area contributed by atoms with E-state index < -0.39 is 0 Å². The smallest absolute Gasteiger partial charge is 0.136 e. The van der Waals surface area contributed by atoms with E-state index in [1.165, 1.54) is 0 Å². The summed E-state index contributed by atoms with van der Waals surface area (Å²) in [6.45, 7) is 4.13. The first-order valence-electron chi connectivity index (χ1n) is 5.84. The molecule has 0 amide bonds. The van der Waals surface area contributed by atoms with E-state index in [0.717, 1.165) is 18.5 Å². The molecule has 0 atom stereocenters. The Bertz CT molecular complexity index is 394. The molecule has 3 nitrogen and oxygen atoms in total. The van der Waals surface area contributed by atoms with Gasteiger partial charge in [-0.15, -0.1) is 0 Å². The molecule has 16 heavy (non-hydrogen) atoms. The van der Waals surface area contributed by atoms with Crippen LogP contribution in [0.3, 0.4) is 0 Å². The largest absolute Gasteiger partial charge is 0.299 e. The highest BCUT2D eigenvalue weighted by molar-refractivity contribution is 6.31. The fraction of sp³-hybridized carbons (Fsp3) is 0.667. The summed E-state index contributed by atoms with van der Waals surface area (Å²) >= 11 is 6.07. The average molecular weight is 241 g/mol. The summed E-state index contributed by atoms with van der Waals surface area (Å²) in [6, 6.07) is 0.290. The van der Waals surface area contributed by atoms with Gasteiger partial charge in [-0.25, -0.2) is 0 Å². The lowest BCUT2D eigenvalue weighted by molar-refractivity contribution is -0.120. The van der Waals surface area contributed by atoms with Gasteiger partial charge in [-0.3, -0.25) is 9.48 Å². The number of hydrogen-bond donors (Lipinski definition) is 0. The van der Waals surface area contributed by atoms with Crippen LogP contribution >= 0.6 is 11.6 Å². The quantitative estimate of drug-likeness (QED) is 0.793. The van der Waals surface area contributed by atoms with Gasteiger partial charge in [-0.05, 0) is 33.1 Å². The first kappa shape index (κ1) is 11.6. The van der Waals surface area contributed by atoms with Crippen LogP contribution in [0.4, 0.5) is 0 Å². The number of Topliss-reactive ketones (excluding diaryl/α,β-unsaturated/α-hetero) is 1. The first-order valence-corrected chi connectivity index (χ1v) is 6.22. The molecule has 1 aromatic heterocycles. The van der Waals surface area contributed by atoms with E-state index in [-0.39, 0.29) is 0 Å². The molecule has 0 spiro atoms. The third-order valence-electron chi connectivity index (χ3n) is 2.98. The monoisotopic (exact) mass is 240 g/mol. The fourth-order valence-corrected chi connectivity index (χ4v) is 2.12. The summed E-state index contributed by atoms with van der Waals surface area (Å²) < 4.78 is 1.91. The van der Waals surface area contributed by atoms with E-state index in [1.54, 1.807) is 6.20 Å². The molecule has 2 rings (SSSR count). The zero-order valence-corrected chi connectivity index (χ0v) is 10.5. The van der Waals surface area contributed by atoms with Crippen LogP contribution < -0.4 is 0 Å². The Balaban J connectivity index is 2.01. The summed E-state index contributed by atoms with van der Waals surface area (Å²) in [5.74, 6) is 0.724. The predicted octanol–water partition coefficient (Wildman–Crippen LogP) is 3.03. The molecule has 0 bridgehead atoms. The van der Waals surface area contributed by atoms with Crippen molar-refractivity contribution in [2.45, 2.75) is 45.6 Å². The van der Waals surface area contributed by atoms with Gasteiger partial charge in [0.25, 0.3) is 0 Å². The van der Waals surface area contributed by atoms with Crippen molar-refractivity contribution in [3.05, 3.63) is 16.9 Å². The van der Waals surface area contributed by atoms with Gasteiger partial charge in [0.1, 0.15) is 5.78 Å². The van der Waals surface area contributed by atoms with Crippen molar-refractivity contribution in [1.29, 1.82) is 0 Å². The van der Waals surface area contributed by atoms with Crippen LogP contribution in [0.25, 0.3) is 0 Å². The highest BCUT2D eigenvalue weighted by Gasteiger charge is 2.29. The van der Waals surface area contributed by atoms with Gasteiger partial charge in [-0.2, -0.15) is 5.10 Å². The standard InChI is InChI=1S/C12H17ClN2O/c1-8(2)15-11(10(13)7-14-15)5-6-12(16)9-3-4-9/h7-9H,3-6H2,1-2H3. The first-order chi connectivity index (χ1) is 7.59. The SMILES string of the molecule is CC(C)n1ncc(Cl)c1CCC(=O)C1CC1. The van der Waals surface area contributed by atoms with Crippen LogP contribution in [0.5, 0.6) is 0 Å². The lowest BCUT2D eigenvalue weighted by Crippen LogP contribution is -2.10. The summed E-state index contributed by atoms with van der Waals surface area (Å²) in [5.41, 5.74) is 0.991. The molecular weight excluding hydrogens is 224 g/mol. The maximum absolute atomic E-state index is 11.6. The van der Waals surface area contributed by atoms with Crippen LogP contribution in [0.15, 0.2) is 6.20 Å². The number of carbonyl (C=O) groups excluding carboxylic acids is 1. The summed E-state index contributed by atoms with van der Waals surface area (Å²) in [4.78, 5) is 11.6. The fourth-order valence-electron chi connectivity index (χ4n) is 1.90. The zero-order valence-electron chi connectivity index (χ0n) is 9.74. The van der Waals surface area contributed by atoms with Crippen molar-refractivity contribution < 1.29 is 4.79 Å². The highest BCUT2D eigenvalue weighted by Crippen LogP contribution is 2.31. The summed E-state index contributed by atoms with van der Waals surface area (Å²) in [5, 5.41) is 4.91. The van der Waals surface area contributed by atoms with Gasteiger partial charge in [-0.1, -0.05) is 11.6 Å². The maximum Gasteiger partial charge on any atom is 0.136 e. The van der Waals surface area contributed by atoms with Crippen LogP contribution in [-0.4, -0.2) is 15.6 Å². The van der Waals surface area contributed by atoms with Gasteiger partial charge < -0.3 is 0 Å². The highest BCUT2D eigenvalue weighted by atomic mass is 35.5. The third-order valence-corrected chi connectivity index (χ3v) is 3.29. The van der Waals surface area contributed by atoms with Crippen LogP contribution in [0.2, 0.25) is 5.02 Å². The molecule has 0 aliphatic heterocycles. The Labute approximate surface area is 101 Å². The Morgan fingerprint density at radius 1 is 1.62 bits per heavy atom. The van der Waals surface area contributed by atoms with Gasteiger partial charge in [0.2, 0.25) is 0 Å². The molecule has 0 unspecified atom stereocenters. The molecule has 1 fully saturated rings. The van der Waals surface area contributed by atoms with Crippen LogP contribution in [0.1, 0.15) is 44.8 Å². The summed E-state index contributed by atoms with van der Waals surface area (Å²) in [7, 11) is 0. The Kier molecular flexibility index (Phi) is 3.33. The number of rotatable bonds is 5. The average Bonchev–Trinajstić information content (AvgIpc) is 3.00. The van der Waals surface area contributed by atoms with Gasteiger partial charge in [0.15, 0.2) is 0 Å². The summed E-state index contributed by atoms with van der Waals surface area (Å²) in [6.07, 6.45) is 5.14. The number of hydrogen-bond acceptors (Lipinski definition) is 2.